The number of ether oxygens (including phenoxy) is 1. The van der Waals surface area contributed by atoms with Gasteiger partial charge < -0.3 is 4.74 Å². The molecule has 1 aliphatic rings. The molecule has 0 aromatic carbocycles. The van der Waals surface area contributed by atoms with E-state index in [1.165, 1.54) is 12.2 Å². The van der Waals surface area contributed by atoms with Gasteiger partial charge in [-0.2, -0.15) is 0 Å². The van der Waals surface area contributed by atoms with Gasteiger partial charge >= 0.3 is 0 Å². The van der Waals surface area contributed by atoms with Gasteiger partial charge in [-0.1, -0.05) is 6.58 Å². The van der Waals surface area contributed by atoms with E-state index in [0.717, 1.165) is 0 Å². The Labute approximate surface area is 87.5 Å². The summed E-state index contributed by atoms with van der Waals surface area (Å²) in [6.45, 7) is 3.29. The zero-order valence-electron chi connectivity index (χ0n) is 7.62. The van der Waals surface area contributed by atoms with Crippen molar-refractivity contribution in [3.8, 4) is 0 Å². The summed E-state index contributed by atoms with van der Waals surface area (Å²) in [5.74, 6) is 0.195. The topological polar surface area (TPSA) is 26.3 Å². The maximum absolute atomic E-state index is 12.6. The Kier molecular flexibility index (Phi) is 3.95. The van der Waals surface area contributed by atoms with Gasteiger partial charge in [0.05, 0.1) is 5.76 Å². The summed E-state index contributed by atoms with van der Waals surface area (Å²) in [6, 6.07) is 0. The van der Waals surface area contributed by atoms with Gasteiger partial charge in [-0.05, 0) is 12.2 Å². The highest BCUT2D eigenvalue weighted by Gasteiger charge is 2.09. The van der Waals surface area contributed by atoms with Crippen LogP contribution in [0.15, 0.2) is 35.2 Å². The maximum atomic E-state index is 12.6. The molecule has 2 nitrogen and oxygen atoms in total. The van der Waals surface area contributed by atoms with Crippen LogP contribution in [0.2, 0.25) is 0 Å². The Balaban J connectivity index is 2.40. The SMILES string of the molecule is C=C(S)C(=O)COC1=CC=C(F)CC1. The molecule has 0 fully saturated rings. The number of halogens is 1. The van der Waals surface area contributed by atoms with Gasteiger partial charge in [-0.3, -0.25) is 4.79 Å². The number of rotatable bonds is 4. The van der Waals surface area contributed by atoms with E-state index in [1.54, 1.807) is 0 Å². The van der Waals surface area contributed by atoms with Crippen molar-refractivity contribution in [2.24, 2.45) is 0 Å². The highest BCUT2D eigenvalue weighted by molar-refractivity contribution is 7.85. The van der Waals surface area contributed by atoms with E-state index in [1.807, 2.05) is 0 Å². The first-order chi connectivity index (χ1) is 6.59. The minimum atomic E-state index is -0.260. The van der Waals surface area contributed by atoms with Gasteiger partial charge in [0.15, 0.2) is 6.61 Å². The minimum absolute atomic E-state index is 0.0797. The van der Waals surface area contributed by atoms with E-state index in [4.69, 9.17) is 4.74 Å². The fourth-order valence-corrected chi connectivity index (χ4v) is 1.02. The summed E-state index contributed by atoms with van der Waals surface area (Å²) >= 11 is 3.79. The van der Waals surface area contributed by atoms with E-state index in [-0.39, 0.29) is 23.1 Å². The van der Waals surface area contributed by atoms with E-state index >= 15 is 0 Å². The Morgan fingerprint density at radius 1 is 1.57 bits per heavy atom. The molecule has 1 rings (SSSR count). The minimum Gasteiger partial charge on any atom is -0.490 e. The lowest BCUT2D eigenvalue weighted by molar-refractivity contribution is -0.118. The second-order valence-corrected chi connectivity index (χ2v) is 3.44. The maximum Gasteiger partial charge on any atom is 0.205 e. The van der Waals surface area contributed by atoms with Crippen LogP contribution in [0.4, 0.5) is 4.39 Å². The summed E-state index contributed by atoms with van der Waals surface area (Å²) in [4.78, 5) is 11.2. The van der Waals surface area contributed by atoms with Crippen molar-refractivity contribution >= 4 is 18.4 Å². The molecule has 0 spiro atoms. The van der Waals surface area contributed by atoms with E-state index in [0.29, 0.717) is 18.6 Å². The van der Waals surface area contributed by atoms with Crippen molar-refractivity contribution in [2.45, 2.75) is 12.8 Å². The highest BCUT2D eigenvalue weighted by atomic mass is 32.1. The number of carbonyl (C=O) groups is 1. The van der Waals surface area contributed by atoms with Crippen molar-refractivity contribution in [1.82, 2.24) is 0 Å². The molecule has 0 amide bonds. The predicted molar refractivity (Wildman–Crippen MR) is 55.6 cm³/mol. The first-order valence-corrected chi connectivity index (χ1v) is 4.63. The summed E-state index contributed by atoms with van der Waals surface area (Å²) in [6.07, 6.45) is 3.71. The van der Waals surface area contributed by atoms with Crippen molar-refractivity contribution in [3.63, 3.8) is 0 Å². The molecule has 0 unspecified atom stereocenters. The summed E-state index contributed by atoms with van der Waals surface area (Å²) in [7, 11) is 0. The van der Waals surface area contributed by atoms with Gasteiger partial charge in [0.25, 0.3) is 0 Å². The number of hydrogen-bond donors (Lipinski definition) is 1. The molecule has 0 radical (unpaired) electrons. The molecule has 0 atom stereocenters. The van der Waals surface area contributed by atoms with Gasteiger partial charge in [0.1, 0.15) is 5.83 Å². The van der Waals surface area contributed by atoms with Crippen molar-refractivity contribution < 1.29 is 13.9 Å². The molecular weight excluding hydrogens is 203 g/mol. The van der Waals surface area contributed by atoms with E-state index in [2.05, 4.69) is 19.2 Å². The molecule has 4 heteroatoms. The molecule has 0 heterocycles. The number of allylic oxidation sites excluding steroid dienone is 4. The molecule has 0 saturated heterocycles. The van der Waals surface area contributed by atoms with Crippen LogP contribution in [-0.4, -0.2) is 12.4 Å². The average molecular weight is 214 g/mol. The second-order valence-electron chi connectivity index (χ2n) is 2.91. The third kappa shape index (κ3) is 3.38. The molecule has 76 valence electrons. The molecule has 0 aromatic rings. The van der Waals surface area contributed by atoms with Crippen LogP contribution in [0.3, 0.4) is 0 Å². The van der Waals surface area contributed by atoms with Gasteiger partial charge in [-0.15, -0.1) is 12.6 Å². The zero-order chi connectivity index (χ0) is 10.6. The van der Waals surface area contributed by atoms with Crippen LogP contribution in [0, 0.1) is 0 Å². The Morgan fingerprint density at radius 3 is 2.79 bits per heavy atom. The third-order valence-electron chi connectivity index (χ3n) is 1.77. The Morgan fingerprint density at radius 2 is 2.29 bits per heavy atom. The molecular formula is C10H11FO2S. The number of thiol groups is 1. The lowest BCUT2D eigenvalue weighted by Gasteiger charge is -2.11. The fraction of sp³-hybridized carbons (Fsp3) is 0.300. The Hall–Kier alpha value is -1.03. The van der Waals surface area contributed by atoms with Gasteiger partial charge in [0, 0.05) is 17.7 Å². The molecule has 0 saturated carbocycles. The van der Waals surface area contributed by atoms with Crippen molar-refractivity contribution in [3.05, 3.63) is 35.2 Å². The molecule has 0 N–H and O–H groups in total. The van der Waals surface area contributed by atoms with Crippen LogP contribution in [0.1, 0.15) is 12.8 Å². The zero-order valence-corrected chi connectivity index (χ0v) is 8.52. The van der Waals surface area contributed by atoms with E-state index < -0.39 is 0 Å². The second kappa shape index (κ2) is 5.00. The average Bonchev–Trinajstić information content (AvgIpc) is 2.16. The first kappa shape index (κ1) is 11.0. The van der Waals surface area contributed by atoms with Crippen LogP contribution >= 0.6 is 12.6 Å². The monoisotopic (exact) mass is 214 g/mol. The number of hydrogen-bond acceptors (Lipinski definition) is 3. The number of ketones is 1. The number of Topliss-reactive ketones (excluding diaryl/α,β-unsaturated/α-hetero) is 1. The van der Waals surface area contributed by atoms with Crippen LogP contribution < -0.4 is 0 Å². The van der Waals surface area contributed by atoms with Gasteiger partial charge in [-0.25, -0.2) is 4.39 Å². The quantitative estimate of drug-likeness (QED) is 0.575. The largest absolute Gasteiger partial charge is 0.490 e. The predicted octanol–water partition coefficient (Wildman–Crippen LogP) is 2.55. The molecule has 14 heavy (non-hydrogen) atoms. The molecule has 0 bridgehead atoms. The van der Waals surface area contributed by atoms with Crippen LogP contribution in [-0.2, 0) is 9.53 Å². The first-order valence-electron chi connectivity index (χ1n) is 4.18. The molecule has 0 aromatic heterocycles. The summed E-state index contributed by atoms with van der Waals surface area (Å²) in [5.41, 5.74) is 0. The van der Waals surface area contributed by atoms with Gasteiger partial charge in [0.2, 0.25) is 5.78 Å². The molecule has 0 aliphatic heterocycles. The van der Waals surface area contributed by atoms with Crippen LogP contribution in [0.25, 0.3) is 0 Å². The van der Waals surface area contributed by atoms with Crippen LogP contribution in [0.5, 0.6) is 0 Å². The summed E-state index contributed by atoms with van der Waals surface area (Å²) < 4.78 is 17.7. The standard InChI is InChI=1S/C10H11FO2S/c1-7(14)10(12)6-13-9-4-2-8(11)3-5-9/h2,4,14H,1,3,5-6H2. The number of carbonyl (C=O) groups excluding carboxylic acids is 1. The smallest absolute Gasteiger partial charge is 0.205 e. The summed E-state index contributed by atoms with van der Waals surface area (Å²) in [5, 5.41) is 0. The lowest BCUT2D eigenvalue weighted by Crippen LogP contribution is -2.08. The lowest BCUT2D eigenvalue weighted by atomic mass is 10.1. The van der Waals surface area contributed by atoms with Crippen molar-refractivity contribution in [2.75, 3.05) is 6.61 Å². The third-order valence-corrected chi connectivity index (χ3v) is 2.02. The van der Waals surface area contributed by atoms with E-state index in [9.17, 15) is 9.18 Å². The highest BCUT2D eigenvalue weighted by Crippen LogP contribution is 2.19. The normalized spacial score (nSPS) is 15.6. The Bertz CT molecular complexity index is 318. The molecule has 1 aliphatic carbocycles. The fourth-order valence-electron chi connectivity index (χ4n) is 0.954. The van der Waals surface area contributed by atoms with Crippen molar-refractivity contribution in [1.29, 1.82) is 0 Å².